The first-order valence-electron chi connectivity index (χ1n) is 7.21. The van der Waals surface area contributed by atoms with Gasteiger partial charge in [-0.15, -0.1) is 0 Å². The summed E-state index contributed by atoms with van der Waals surface area (Å²) in [6, 6.07) is 9.02. The van der Waals surface area contributed by atoms with E-state index in [4.69, 9.17) is 9.47 Å². The van der Waals surface area contributed by atoms with Crippen molar-refractivity contribution in [3.05, 3.63) is 46.6 Å². The van der Waals surface area contributed by atoms with Crippen LogP contribution in [-0.2, 0) is 16.1 Å². The van der Waals surface area contributed by atoms with E-state index in [1.54, 1.807) is 6.26 Å². The van der Waals surface area contributed by atoms with Crippen molar-refractivity contribution in [2.45, 2.75) is 31.2 Å². The fourth-order valence-corrected chi connectivity index (χ4v) is 3.64. The fraction of sp³-hybridized carbons (Fsp3) is 0.500. The topological polar surface area (TPSA) is 21.7 Å². The predicted molar refractivity (Wildman–Crippen MR) is 80.0 cm³/mol. The SMILES string of the molecule is Brc1ccc(COC2(N3CCC4CC43)C=COC2)cc1. The summed E-state index contributed by atoms with van der Waals surface area (Å²) in [6.45, 7) is 2.37. The van der Waals surface area contributed by atoms with Crippen LogP contribution in [0.2, 0.25) is 0 Å². The Balaban J connectivity index is 1.49. The Morgan fingerprint density at radius 2 is 2.20 bits per heavy atom. The second-order valence-corrected chi connectivity index (χ2v) is 6.83. The number of hydrogen-bond acceptors (Lipinski definition) is 3. The Bertz CT molecular complexity index is 530. The minimum Gasteiger partial charge on any atom is -0.497 e. The molecule has 0 aromatic heterocycles. The molecule has 3 atom stereocenters. The molecule has 3 aliphatic rings. The zero-order valence-electron chi connectivity index (χ0n) is 11.3. The lowest BCUT2D eigenvalue weighted by atomic mass is 10.2. The molecule has 1 aromatic rings. The van der Waals surface area contributed by atoms with E-state index in [2.05, 4.69) is 51.2 Å². The largest absolute Gasteiger partial charge is 0.497 e. The van der Waals surface area contributed by atoms with E-state index >= 15 is 0 Å². The highest BCUT2D eigenvalue weighted by molar-refractivity contribution is 9.10. The lowest BCUT2D eigenvalue weighted by Crippen LogP contribution is -2.51. The standard InChI is InChI=1S/C16H18BrNO2/c17-14-3-1-12(2-4-14)10-20-16(6-8-19-11-16)18-7-5-13-9-15(13)18/h1-4,6,8,13,15H,5,7,9-11H2. The summed E-state index contributed by atoms with van der Waals surface area (Å²) in [7, 11) is 0. The first-order chi connectivity index (χ1) is 9.77. The van der Waals surface area contributed by atoms with Gasteiger partial charge in [-0.2, -0.15) is 0 Å². The van der Waals surface area contributed by atoms with Gasteiger partial charge in [0.25, 0.3) is 0 Å². The average Bonchev–Trinajstić information content (AvgIpc) is 2.88. The number of rotatable bonds is 4. The highest BCUT2D eigenvalue weighted by atomic mass is 79.9. The molecule has 20 heavy (non-hydrogen) atoms. The zero-order valence-corrected chi connectivity index (χ0v) is 12.9. The van der Waals surface area contributed by atoms with Crippen molar-refractivity contribution in [3.63, 3.8) is 0 Å². The van der Waals surface area contributed by atoms with E-state index in [1.807, 2.05) is 0 Å². The van der Waals surface area contributed by atoms with E-state index in [0.717, 1.165) is 16.9 Å². The van der Waals surface area contributed by atoms with E-state index in [9.17, 15) is 0 Å². The second kappa shape index (κ2) is 4.86. The van der Waals surface area contributed by atoms with Gasteiger partial charge in [0.05, 0.1) is 12.9 Å². The van der Waals surface area contributed by atoms with Crippen LogP contribution in [0, 0.1) is 5.92 Å². The van der Waals surface area contributed by atoms with Crippen LogP contribution in [0.4, 0.5) is 0 Å². The normalized spacial score (nSPS) is 35.0. The monoisotopic (exact) mass is 335 g/mol. The van der Waals surface area contributed by atoms with Gasteiger partial charge in [-0.25, -0.2) is 0 Å². The quantitative estimate of drug-likeness (QED) is 0.842. The predicted octanol–water partition coefficient (Wildman–Crippen LogP) is 3.30. The summed E-state index contributed by atoms with van der Waals surface area (Å²) in [4.78, 5) is 2.50. The van der Waals surface area contributed by atoms with Crippen LogP contribution in [0.25, 0.3) is 0 Å². The molecular weight excluding hydrogens is 318 g/mol. The van der Waals surface area contributed by atoms with Crippen molar-refractivity contribution < 1.29 is 9.47 Å². The smallest absolute Gasteiger partial charge is 0.179 e. The first-order valence-corrected chi connectivity index (χ1v) is 8.01. The minimum atomic E-state index is -0.344. The molecule has 1 aliphatic carbocycles. The van der Waals surface area contributed by atoms with Crippen LogP contribution in [0.1, 0.15) is 18.4 Å². The van der Waals surface area contributed by atoms with Crippen LogP contribution in [-0.4, -0.2) is 29.8 Å². The van der Waals surface area contributed by atoms with Gasteiger partial charge >= 0.3 is 0 Å². The number of fused-ring (bicyclic) bond motifs is 1. The molecular formula is C16H18BrNO2. The summed E-state index contributed by atoms with van der Waals surface area (Å²) < 4.78 is 12.9. The molecule has 4 rings (SSSR count). The number of hydrogen-bond donors (Lipinski definition) is 0. The number of halogens is 1. The van der Waals surface area contributed by atoms with Crippen LogP contribution < -0.4 is 0 Å². The van der Waals surface area contributed by atoms with Crippen molar-refractivity contribution in [2.24, 2.45) is 5.92 Å². The summed E-state index contributed by atoms with van der Waals surface area (Å²) in [5.74, 6) is 0.900. The third-order valence-corrected chi connectivity index (χ3v) is 5.16. The van der Waals surface area contributed by atoms with Crippen LogP contribution in [0.3, 0.4) is 0 Å². The van der Waals surface area contributed by atoms with Crippen molar-refractivity contribution in [2.75, 3.05) is 13.2 Å². The molecule has 0 amide bonds. The van der Waals surface area contributed by atoms with E-state index in [-0.39, 0.29) is 5.72 Å². The number of piperidine rings is 1. The van der Waals surface area contributed by atoms with E-state index in [0.29, 0.717) is 19.3 Å². The Kier molecular flexibility index (Phi) is 3.13. The van der Waals surface area contributed by atoms with Crippen LogP contribution in [0.5, 0.6) is 0 Å². The molecule has 1 aromatic carbocycles. The highest BCUT2D eigenvalue weighted by Gasteiger charge is 2.55. The second-order valence-electron chi connectivity index (χ2n) is 5.92. The molecule has 2 heterocycles. The van der Waals surface area contributed by atoms with Crippen molar-refractivity contribution in [1.29, 1.82) is 0 Å². The van der Waals surface area contributed by atoms with Crippen molar-refractivity contribution in [3.8, 4) is 0 Å². The number of ether oxygens (including phenoxy) is 2. The van der Waals surface area contributed by atoms with Gasteiger partial charge in [0.15, 0.2) is 5.72 Å². The molecule has 0 radical (unpaired) electrons. The molecule has 0 bridgehead atoms. The number of likely N-dealkylation sites (tertiary alicyclic amines) is 1. The Morgan fingerprint density at radius 1 is 1.35 bits per heavy atom. The van der Waals surface area contributed by atoms with Gasteiger partial charge in [-0.1, -0.05) is 28.1 Å². The molecule has 0 N–H and O–H groups in total. The van der Waals surface area contributed by atoms with Gasteiger partial charge in [0.1, 0.15) is 6.61 Å². The van der Waals surface area contributed by atoms with Gasteiger partial charge in [0, 0.05) is 23.1 Å². The number of nitrogens with zero attached hydrogens (tertiary/aromatic N) is 1. The van der Waals surface area contributed by atoms with Gasteiger partial charge < -0.3 is 9.47 Å². The molecule has 106 valence electrons. The molecule has 1 saturated carbocycles. The van der Waals surface area contributed by atoms with Gasteiger partial charge in [-0.3, -0.25) is 4.90 Å². The first kappa shape index (κ1) is 12.9. The Hall–Kier alpha value is -0.840. The van der Waals surface area contributed by atoms with Gasteiger partial charge in [0.2, 0.25) is 0 Å². The van der Waals surface area contributed by atoms with Crippen molar-refractivity contribution in [1.82, 2.24) is 4.90 Å². The molecule has 3 nitrogen and oxygen atoms in total. The molecule has 2 fully saturated rings. The lowest BCUT2D eigenvalue weighted by Gasteiger charge is -2.37. The number of benzene rings is 1. The summed E-state index contributed by atoms with van der Waals surface area (Å²) in [6.07, 6.45) is 6.52. The molecule has 3 unspecified atom stereocenters. The molecule has 2 aliphatic heterocycles. The third-order valence-electron chi connectivity index (χ3n) is 4.63. The van der Waals surface area contributed by atoms with Crippen LogP contribution >= 0.6 is 15.9 Å². The molecule has 1 saturated heterocycles. The van der Waals surface area contributed by atoms with Crippen molar-refractivity contribution >= 4 is 15.9 Å². The minimum absolute atomic E-state index is 0.344. The molecule has 0 spiro atoms. The maximum Gasteiger partial charge on any atom is 0.179 e. The maximum absolute atomic E-state index is 6.30. The summed E-state index contributed by atoms with van der Waals surface area (Å²) >= 11 is 3.46. The van der Waals surface area contributed by atoms with E-state index in [1.165, 1.54) is 18.4 Å². The Morgan fingerprint density at radius 3 is 2.80 bits per heavy atom. The fourth-order valence-electron chi connectivity index (χ4n) is 3.37. The zero-order chi connectivity index (χ0) is 13.6. The van der Waals surface area contributed by atoms with Crippen LogP contribution in [0.15, 0.2) is 41.1 Å². The maximum atomic E-state index is 6.30. The molecule has 4 heteroatoms. The Labute approximate surface area is 127 Å². The lowest BCUT2D eigenvalue weighted by molar-refractivity contribution is -0.142. The van der Waals surface area contributed by atoms with Gasteiger partial charge in [-0.05, 0) is 36.5 Å². The average molecular weight is 336 g/mol. The third kappa shape index (κ3) is 2.20. The van der Waals surface area contributed by atoms with E-state index < -0.39 is 0 Å². The summed E-state index contributed by atoms with van der Waals surface area (Å²) in [5.41, 5.74) is 0.850. The highest BCUT2D eigenvalue weighted by Crippen LogP contribution is 2.49. The summed E-state index contributed by atoms with van der Waals surface area (Å²) in [5, 5.41) is 0.